The minimum Gasteiger partial charge on any atom is -0.491 e. The number of aromatic nitrogens is 1. The van der Waals surface area contributed by atoms with Crippen molar-refractivity contribution in [3.63, 3.8) is 0 Å². The minimum absolute atomic E-state index is 0.146. The maximum absolute atomic E-state index is 11.1. The summed E-state index contributed by atoms with van der Waals surface area (Å²) in [5.41, 5.74) is 0.690. The molecule has 6 nitrogen and oxygen atoms in total. The van der Waals surface area contributed by atoms with Crippen LogP contribution in [0.1, 0.15) is 12.5 Å². The van der Waals surface area contributed by atoms with Crippen molar-refractivity contribution in [2.45, 2.75) is 6.92 Å². The largest absolute Gasteiger partial charge is 0.491 e. The molecule has 0 unspecified atom stereocenters. The van der Waals surface area contributed by atoms with Crippen molar-refractivity contribution in [1.82, 2.24) is 4.98 Å². The molecule has 8 heteroatoms. The molecule has 138 valence electrons. The summed E-state index contributed by atoms with van der Waals surface area (Å²) < 4.78 is 16.3. The van der Waals surface area contributed by atoms with Crippen molar-refractivity contribution in [2.75, 3.05) is 20.3 Å². The molecule has 0 radical (unpaired) electrons. The van der Waals surface area contributed by atoms with Gasteiger partial charge in [-0.25, -0.2) is 9.78 Å². The average Bonchev–Trinajstić information content (AvgIpc) is 2.59. The van der Waals surface area contributed by atoms with Crippen LogP contribution in [0.5, 0.6) is 17.4 Å². The van der Waals surface area contributed by atoms with Gasteiger partial charge in [-0.05, 0) is 31.2 Å². The molecule has 2 aromatic rings. The zero-order valence-corrected chi connectivity index (χ0v) is 15.7. The Bertz CT molecular complexity index is 823. The predicted molar refractivity (Wildman–Crippen MR) is 99.4 cm³/mol. The second-order valence-corrected chi connectivity index (χ2v) is 6.06. The number of benzene rings is 1. The molecule has 0 aliphatic heterocycles. The highest BCUT2D eigenvalue weighted by Crippen LogP contribution is 2.34. The van der Waals surface area contributed by atoms with Gasteiger partial charge in [0, 0.05) is 30.5 Å². The molecule has 1 N–H and O–H groups in total. The molecule has 0 aliphatic rings. The molecule has 1 aromatic carbocycles. The van der Waals surface area contributed by atoms with E-state index in [4.69, 9.17) is 42.5 Å². The SMILES string of the molecule is COCCOc1ccc(C=C(C)C(=O)O)c(Oc2ncc(Cl)cc2Cl)c1. The number of carbonyl (C=O) groups is 1. The second-order valence-electron chi connectivity index (χ2n) is 5.22. The molecule has 0 atom stereocenters. The van der Waals surface area contributed by atoms with Gasteiger partial charge in [-0.3, -0.25) is 0 Å². The summed E-state index contributed by atoms with van der Waals surface area (Å²) in [4.78, 5) is 15.2. The van der Waals surface area contributed by atoms with E-state index in [1.54, 1.807) is 25.3 Å². The minimum atomic E-state index is -1.03. The number of nitrogens with zero attached hydrogens (tertiary/aromatic N) is 1. The average molecular weight is 398 g/mol. The first-order valence-electron chi connectivity index (χ1n) is 7.57. The van der Waals surface area contributed by atoms with Crippen LogP contribution in [0.4, 0.5) is 0 Å². The molecule has 1 heterocycles. The number of halogens is 2. The van der Waals surface area contributed by atoms with Gasteiger partial charge in [0.15, 0.2) is 0 Å². The van der Waals surface area contributed by atoms with E-state index in [-0.39, 0.29) is 16.5 Å². The van der Waals surface area contributed by atoms with Gasteiger partial charge in [0.25, 0.3) is 0 Å². The first-order valence-corrected chi connectivity index (χ1v) is 8.32. The molecule has 0 amide bonds. The molecule has 0 aliphatic carbocycles. The third kappa shape index (κ3) is 5.62. The topological polar surface area (TPSA) is 77.9 Å². The zero-order chi connectivity index (χ0) is 19.1. The number of methoxy groups -OCH3 is 1. The lowest BCUT2D eigenvalue weighted by molar-refractivity contribution is -0.132. The predicted octanol–water partition coefficient (Wildman–Crippen LogP) is 4.69. The Labute approximate surface area is 160 Å². The van der Waals surface area contributed by atoms with Gasteiger partial charge in [-0.2, -0.15) is 0 Å². The Hall–Kier alpha value is -2.28. The lowest BCUT2D eigenvalue weighted by Gasteiger charge is -2.12. The molecule has 0 saturated carbocycles. The summed E-state index contributed by atoms with van der Waals surface area (Å²) in [5, 5.41) is 9.71. The molecule has 2 rings (SSSR count). The molecular formula is C18H17Cl2NO5. The Balaban J connectivity index is 2.38. The van der Waals surface area contributed by atoms with E-state index >= 15 is 0 Å². The normalized spacial score (nSPS) is 11.3. The molecule has 0 saturated heterocycles. The summed E-state index contributed by atoms with van der Waals surface area (Å²) in [6, 6.07) is 6.53. The molecule has 0 fully saturated rings. The van der Waals surface area contributed by atoms with Crippen LogP contribution in [0, 0.1) is 0 Å². The quantitative estimate of drug-likeness (QED) is 0.513. The Morgan fingerprint density at radius 3 is 2.69 bits per heavy atom. The Morgan fingerprint density at radius 2 is 2.04 bits per heavy atom. The van der Waals surface area contributed by atoms with Crippen molar-refractivity contribution in [3.8, 4) is 17.4 Å². The number of hydrogen-bond donors (Lipinski definition) is 1. The van der Waals surface area contributed by atoms with Gasteiger partial charge in [0.05, 0.1) is 11.6 Å². The maximum atomic E-state index is 11.1. The van der Waals surface area contributed by atoms with Crippen molar-refractivity contribution in [1.29, 1.82) is 0 Å². The first kappa shape index (κ1) is 20.0. The molecule has 26 heavy (non-hydrogen) atoms. The lowest BCUT2D eigenvalue weighted by atomic mass is 10.1. The summed E-state index contributed by atoms with van der Waals surface area (Å²) in [6.45, 7) is 2.28. The number of ether oxygens (including phenoxy) is 3. The van der Waals surface area contributed by atoms with E-state index in [0.29, 0.717) is 35.3 Å². The second kappa shape index (κ2) is 9.43. The number of carboxylic acids is 1. The summed E-state index contributed by atoms with van der Waals surface area (Å²) in [7, 11) is 1.58. The highest BCUT2D eigenvalue weighted by atomic mass is 35.5. The van der Waals surface area contributed by atoms with Gasteiger partial charge >= 0.3 is 5.97 Å². The fraction of sp³-hybridized carbons (Fsp3) is 0.222. The van der Waals surface area contributed by atoms with E-state index in [1.165, 1.54) is 25.3 Å². The van der Waals surface area contributed by atoms with E-state index in [2.05, 4.69) is 4.98 Å². The number of carboxylic acid groups (broad SMARTS) is 1. The smallest absolute Gasteiger partial charge is 0.331 e. The van der Waals surface area contributed by atoms with Crippen molar-refractivity contribution in [2.24, 2.45) is 0 Å². The Kier molecular flexibility index (Phi) is 7.26. The van der Waals surface area contributed by atoms with Gasteiger partial charge in [-0.15, -0.1) is 0 Å². The monoisotopic (exact) mass is 397 g/mol. The van der Waals surface area contributed by atoms with E-state index in [0.717, 1.165) is 0 Å². The molecule has 1 aromatic heterocycles. The van der Waals surface area contributed by atoms with Crippen LogP contribution in [0.25, 0.3) is 6.08 Å². The summed E-state index contributed by atoms with van der Waals surface area (Å²) in [5.74, 6) is -0.00346. The number of rotatable bonds is 8. The summed E-state index contributed by atoms with van der Waals surface area (Å²) >= 11 is 11.9. The van der Waals surface area contributed by atoms with Crippen LogP contribution in [0.2, 0.25) is 10.0 Å². The van der Waals surface area contributed by atoms with Gasteiger partial charge in [0.2, 0.25) is 5.88 Å². The van der Waals surface area contributed by atoms with Crippen molar-refractivity contribution < 1.29 is 24.1 Å². The van der Waals surface area contributed by atoms with Crippen molar-refractivity contribution >= 4 is 35.2 Å². The number of hydrogen-bond acceptors (Lipinski definition) is 5. The van der Waals surface area contributed by atoms with E-state index < -0.39 is 5.97 Å². The fourth-order valence-corrected chi connectivity index (χ4v) is 2.35. The number of pyridine rings is 1. The molecule has 0 spiro atoms. The fourth-order valence-electron chi connectivity index (χ4n) is 1.93. The van der Waals surface area contributed by atoms with Crippen LogP contribution in [-0.2, 0) is 9.53 Å². The third-order valence-corrected chi connectivity index (χ3v) is 3.71. The van der Waals surface area contributed by atoms with Crippen LogP contribution in [0.15, 0.2) is 36.0 Å². The van der Waals surface area contributed by atoms with Crippen LogP contribution < -0.4 is 9.47 Å². The number of aliphatic carboxylic acids is 1. The van der Waals surface area contributed by atoms with Gasteiger partial charge in [0.1, 0.15) is 23.1 Å². The van der Waals surface area contributed by atoms with Crippen LogP contribution in [-0.4, -0.2) is 36.4 Å². The molecular weight excluding hydrogens is 381 g/mol. The zero-order valence-electron chi connectivity index (χ0n) is 14.2. The van der Waals surface area contributed by atoms with Crippen LogP contribution >= 0.6 is 23.2 Å². The first-order chi connectivity index (χ1) is 12.4. The highest BCUT2D eigenvalue weighted by molar-refractivity contribution is 6.35. The third-order valence-electron chi connectivity index (χ3n) is 3.23. The Morgan fingerprint density at radius 1 is 1.27 bits per heavy atom. The van der Waals surface area contributed by atoms with E-state index in [1.807, 2.05) is 0 Å². The summed E-state index contributed by atoms with van der Waals surface area (Å²) in [6.07, 6.45) is 2.89. The van der Waals surface area contributed by atoms with Crippen molar-refractivity contribution in [3.05, 3.63) is 51.6 Å². The standard InChI is InChI=1S/C18H17Cl2NO5/c1-11(18(22)23)7-12-3-4-14(25-6-5-24-2)9-16(12)26-17-15(20)8-13(19)10-21-17/h3-4,7-10H,5-6H2,1-2H3,(H,22,23). The maximum Gasteiger partial charge on any atom is 0.331 e. The van der Waals surface area contributed by atoms with Gasteiger partial charge in [-0.1, -0.05) is 23.2 Å². The molecule has 0 bridgehead atoms. The lowest BCUT2D eigenvalue weighted by Crippen LogP contribution is -2.04. The van der Waals surface area contributed by atoms with E-state index in [9.17, 15) is 4.79 Å². The van der Waals surface area contributed by atoms with Gasteiger partial charge < -0.3 is 19.3 Å². The highest BCUT2D eigenvalue weighted by Gasteiger charge is 2.12. The van der Waals surface area contributed by atoms with Crippen LogP contribution in [0.3, 0.4) is 0 Å².